The van der Waals surface area contributed by atoms with Crippen LogP contribution in [0.4, 0.5) is 0 Å². The van der Waals surface area contributed by atoms with Crippen LogP contribution < -0.4 is 29.6 Å². The molecule has 0 rings (SSSR count). The Morgan fingerprint density at radius 1 is 1.10 bits per heavy atom. The largest absolute Gasteiger partial charge is 1.00 e. The minimum Gasteiger partial charge on any atom is -0.499 e. The molecule has 0 fully saturated rings. The molecule has 0 atom stereocenters. The van der Waals surface area contributed by atoms with Crippen LogP contribution in [0, 0.1) is 0 Å². The maximum absolute atomic E-state index is 2.59. The first-order valence-corrected chi connectivity index (χ1v) is 9.29. The standard InChI is InChI=1S/C6H18NSi2.Na/c1-7(8(2)3)9(4,5)6;/h1-6H3;/q-1;+1. The van der Waals surface area contributed by atoms with E-state index in [-0.39, 0.29) is 38.5 Å². The predicted molar refractivity (Wildman–Crippen MR) is 48.6 cm³/mol. The van der Waals surface area contributed by atoms with Crippen LogP contribution in [-0.4, -0.2) is 28.5 Å². The van der Waals surface area contributed by atoms with Crippen molar-refractivity contribution in [1.29, 1.82) is 0 Å². The zero-order valence-electron chi connectivity index (χ0n) is 8.45. The van der Waals surface area contributed by atoms with Crippen molar-refractivity contribution >= 4 is 17.2 Å². The van der Waals surface area contributed by atoms with Crippen molar-refractivity contribution in [3.63, 3.8) is 0 Å². The molecule has 0 unspecified atom stereocenters. The van der Waals surface area contributed by atoms with E-state index >= 15 is 0 Å². The predicted octanol–water partition coefficient (Wildman–Crippen LogP) is -0.992. The molecule has 0 aliphatic rings. The van der Waals surface area contributed by atoms with Gasteiger partial charge in [-0.05, 0) is 0 Å². The molecule has 10 heavy (non-hydrogen) atoms. The summed E-state index contributed by atoms with van der Waals surface area (Å²) < 4.78 is 2.59. The van der Waals surface area contributed by atoms with Gasteiger partial charge in [-0.3, -0.25) is 0 Å². The molecule has 0 N–H and O–H groups in total. The number of nitrogens with zero attached hydrogens (tertiary/aromatic N) is 1. The van der Waals surface area contributed by atoms with E-state index in [9.17, 15) is 0 Å². The zero-order chi connectivity index (χ0) is 7.65. The molecule has 0 radical (unpaired) electrons. The third kappa shape index (κ3) is 5.10. The smallest absolute Gasteiger partial charge is 0.499 e. The summed E-state index contributed by atoms with van der Waals surface area (Å²) >= 11 is 0. The Labute approximate surface area is 90.3 Å². The molecule has 0 heterocycles. The van der Waals surface area contributed by atoms with Gasteiger partial charge >= 0.3 is 29.6 Å². The Morgan fingerprint density at radius 2 is 1.40 bits per heavy atom. The molecule has 0 aliphatic carbocycles. The van der Waals surface area contributed by atoms with Crippen LogP contribution in [0.5, 0.6) is 0 Å². The SMILES string of the molecule is CN([Si-](C)C)[Si](C)(C)C.[Na+]. The van der Waals surface area contributed by atoms with E-state index in [0.29, 0.717) is 0 Å². The van der Waals surface area contributed by atoms with Gasteiger partial charge < -0.3 is 4.23 Å². The Morgan fingerprint density at radius 3 is 1.40 bits per heavy atom. The summed E-state index contributed by atoms with van der Waals surface area (Å²) in [4.78, 5) is 0. The quantitative estimate of drug-likeness (QED) is 0.497. The van der Waals surface area contributed by atoms with E-state index in [1.807, 2.05) is 0 Å². The molecule has 0 aromatic rings. The van der Waals surface area contributed by atoms with Crippen LogP contribution in [0.15, 0.2) is 0 Å². The van der Waals surface area contributed by atoms with Gasteiger partial charge in [0.05, 0.1) is 8.24 Å². The van der Waals surface area contributed by atoms with Crippen LogP contribution in [0.3, 0.4) is 0 Å². The van der Waals surface area contributed by atoms with Gasteiger partial charge in [-0.15, -0.1) is 0 Å². The van der Waals surface area contributed by atoms with Crippen molar-refractivity contribution in [3.8, 4) is 0 Å². The summed E-state index contributed by atoms with van der Waals surface area (Å²) in [5.41, 5.74) is 0. The van der Waals surface area contributed by atoms with Crippen molar-refractivity contribution in [2.75, 3.05) is 7.05 Å². The van der Waals surface area contributed by atoms with Crippen LogP contribution in [0.25, 0.3) is 0 Å². The summed E-state index contributed by atoms with van der Waals surface area (Å²) in [5.74, 6) is 0. The fourth-order valence-corrected chi connectivity index (χ4v) is 6.04. The van der Waals surface area contributed by atoms with Crippen LogP contribution in [0.1, 0.15) is 0 Å². The minimum absolute atomic E-state index is 0. The summed E-state index contributed by atoms with van der Waals surface area (Å²) in [6.07, 6.45) is 0. The molecular weight excluding hydrogens is 165 g/mol. The van der Waals surface area contributed by atoms with Gasteiger partial charge in [-0.2, -0.15) is 22.1 Å². The van der Waals surface area contributed by atoms with Crippen molar-refractivity contribution < 1.29 is 29.6 Å². The van der Waals surface area contributed by atoms with Gasteiger partial charge in [-0.1, -0.05) is 26.7 Å². The van der Waals surface area contributed by atoms with Gasteiger partial charge in [0.1, 0.15) is 0 Å². The molecular formula is C6H18NNaSi2. The summed E-state index contributed by atoms with van der Waals surface area (Å²) in [6, 6.07) is 0. The molecule has 1 nitrogen and oxygen atoms in total. The molecule has 0 aromatic heterocycles. The number of hydrogen-bond donors (Lipinski definition) is 0. The molecule has 0 aliphatic heterocycles. The third-order valence-electron chi connectivity index (χ3n) is 1.68. The van der Waals surface area contributed by atoms with Crippen LogP contribution in [-0.2, 0) is 0 Å². The van der Waals surface area contributed by atoms with Crippen molar-refractivity contribution in [3.05, 3.63) is 0 Å². The van der Waals surface area contributed by atoms with Gasteiger partial charge in [0, 0.05) is 0 Å². The Bertz CT molecular complexity index is 90.2. The first-order valence-electron chi connectivity index (χ1n) is 3.39. The average Bonchev–Trinajstić information content (AvgIpc) is 1.62. The van der Waals surface area contributed by atoms with Crippen molar-refractivity contribution in [2.45, 2.75) is 32.7 Å². The maximum Gasteiger partial charge on any atom is 1.00 e. The van der Waals surface area contributed by atoms with Gasteiger partial charge in [0.15, 0.2) is 0 Å². The first-order chi connectivity index (χ1) is 3.85. The molecule has 0 amide bonds. The van der Waals surface area contributed by atoms with E-state index in [2.05, 4.69) is 44.0 Å². The summed E-state index contributed by atoms with van der Waals surface area (Å²) in [5, 5.41) is 0. The second kappa shape index (κ2) is 5.11. The molecule has 0 saturated heterocycles. The Kier molecular flexibility index (Phi) is 7.13. The molecule has 56 valence electrons. The molecule has 0 bridgehead atoms. The molecule has 0 spiro atoms. The second-order valence-corrected chi connectivity index (χ2v) is 11.7. The van der Waals surface area contributed by atoms with Crippen molar-refractivity contribution in [1.82, 2.24) is 4.23 Å². The van der Waals surface area contributed by atoms with E-state index < -0.39 is 8.24 Å². The molecule has 0 saturated carbocycles. The number of hydrogen-bond acceptors (Lipinski definition) is 1. The van der Waals surface area contributed by atoms with Gasteiger partial charge in [0.25, 0.3) is 0 Å². The minimum atomic E-state index is -0.945. The van der Waals surface area contributed by atoms with E-state index in [1.165, 1.54) is 0 Å². The molecule has 0 aromatic carbocycles. The maximum atomic E-state index is 2.59. The van der Waals surface area contributed by atoms with E-state index in [4.69, 9.17) is 0 Å². The first kappa shape index (κ1) is 13.9. The average molecular weight is 183 g/mol. The Balaban J connectivity index is 0. The van der Waals surface area contributed by atoms with Gasteiger partial charge in [-0.25, -0.2) is 0 Å². The Hall–Kier alpha value is 1.39. The molecule has 4 heteroatoms. The van der Waals surface area contributed by atoms with Crippen molar-refractivity contribution in [2.24, 2.45) is 0 Å². The van der Waals surface area contributed by atoms with Crippen LogP contribution >= 0.6 is 0 Å². The fourth-order valence-electron chi connectivity index (χ4n) is 0.671. The summed E-state index contributed by atoms with van der Waals surface area (Å²) in [7, 11) is 1.14. The van der Waals surface area contributed by atoms with Crippen LogP contribution in [0.2, 0.25) is 32.7 Å². The van der Waals surface area contributed by atoms with E-state index in [1.54, 1.807) is 0 Å². The monoisotopic (exact) mass is 183 g/mol. The van der Waals surface area contributed by atoms with Gasteiger partial charge in [0.2, 0.25) is 0 Å². The fraction of sp³-hybridized carbons (Fsp3) is 1.00. The van der Waals surface area contributed by atoms with E-state index in [0.717, 1.165) is 0 Å². The third-order valence-corrected chi connectivity index (χ3v) is 8.39. The second-order valence-electron chi connectivity index (χ2n) is 3.68. The normalized spacial score (nSPS) is 12.0. The number of rotatable bonds is 2. The zero-order valence-corrected chi connectivity index (χ0v) is 12.4. The summed E-state index contributed by atoms with van der Waals surface area (Å²) in [6.45, 7) is 11.9. The topological polar surface area (TPSA) is 3.24 Å².